The molecule has 0 saturated carbocycles. The second-order valence-electron chi connectivity index (χ2n) is 8.44. The highest BCUT2D eigenvalue weighted by atomic mass is 31.1. The van der Waals surface area contributed by atoms with Gasteiger partial charge in [0.25, 0.3) is 0 Å². The van der Waals surface area contributed by atoms with Crippen molar-refractivity contribution in [3.63, 3.8) is 0 Å². The maximum Gasteiger partial charge on any atom is 0.541 e. The lowest BCUT2D eigenvalue weighted by Gasteiger charge is -2.34. The highest BCUT2D eigenvalue weighted by Gasteiger charge is 2.70. The smallest absolute Gasteiger partial charge is 0.477 e. The van der Waals surface area contributed by atoms with Gasteiger partial charge in [0.1, 0.15) is 11.5 Å². The van der Waals surface area contributed by atoms with E-state index in [2.05, 4.69) is 4.98 Å². The standard InChI is InChI=1S/C26H22F2NO5P/c1-5-26(24(30)31,35(33)34)25(4,32)20-19(16-11-13-18(27)14-12-16)21(28)23(29-22(20)15(2)3)17-9-7-6-8-10-17/h1,6-15,32H,2-4H3,(H-,30,31,33,34)/p+1. The van der Waals surface area contributed by atoms with Gasteiger partial charge in [-0.3, -0.25) is 0 Å². The van der Waals surface area contributed by atoms with Crippen molar-refractivity contribution in [3.8, 4) is 34.7 Å². The number of carbonyl (C=O) groups is 1. The Bertz CT molecular complexity index is 1320. The van der Waals surface area contributed by atoms with Gasteiger partial charge in [-0.15, -0.1) is 6.42 Å². The highest BCUT2D eigenvalue weighted by molar-refractivity contribution is 7.42. The quantitative estimate of drug-likeness (QED) is 0.305. The first-order valence-corrected chi connectivity index (χ1v) is 11.8. The molecule has 0 radical (unpaired) electrons. The van der Waals surface area contributed by atoms with E-state index in [0.717, 1.165) is 19.1 Å². The number of carboxylic acid groups (broad SMARTS) is 1. The molecule has 3 aromatic rings. The molecule has 3 N–H and O–H groups in total. The first-order chi connectivity index (χ1) is 16.4. The maximum atomic E-state index is 16.3. The molecule has 3 rings (SSSR count). The summed E-state index contributed by atoms with van der Waals surface area (Å²) < 4.78 is 42.3. The van der Waals surface area contributed by atoms with Crippen LogP contribution in [0.3, 0.4) is 0 Å². The Morgan fingerprint density at radius 2 is 1.66 bits per heavy atom. The summed E-state index contributed by atoms with van der Waals surface area (Å²) in [5.41, 5.74) is -2.99. The van der Waals surface area contributed by atoms with E-state index >= 15 is 4.39 Å². The lowest BCUT2D eigenvalue weighted by atomic mass is 9.75. The average molecular weight is 498 g/mol. The third-order valence-corrected chi connectivity index (χ3v) is 7.22. The lowest BCUT2D eigenvalue weighted by Crippen LogP contribution is -2.53. The Kier molecular flexibility index (Phi) is 7.18. The van der Waals surface area contributed by atoms with E-state index in [0.29, 0.717) is 5.56 Å². The van der Waals surface area contributed by atoms with Crippen LogP contribution in [0.1, 0.15) is 37.9 Å². The second-order valence-corrected chi connectivity index (χ2v) is 9.66. The number of aliphatic hydroxyl groups is 1. The number of hydrogen-bond acceptors (Lipinski definition) is 4. The molecule has 0 fully saturated rings. The molecule has 9 heteroatoms. The summed E-state index contributed by atoms with van der Waals surface area (Å²) in [6, 6.07) is 13.0. The van der Waals surface area contributed by atoms with Gasteiger partial charge in [0.05, 0.1) is 5.69 Å². The van der Waals surface area contributed by atoms with Crippen LogP contribution in [0.2, 0.25) is 0 Å². The molecule has 0 spiro atoms. The van der Waals surface area contributed by atoms with E-state index in [1.807, 2.05) is 0 Å². The number of halogens is 2. The van der Waals surface area contributed by atoms with Crippen molar-refractivity contribution in [2.24, 2.45) is 0 Å². The van der Waals surface area contributed by atoms with Crippen molar-refractivity contribution >= 4 is 14.0 Å². The monoisotopic (exact) mass is 498 g/mol. The van der Waals surface area contributed by atoms with E-state index in [9.17, 15) is 28.9 Å². The van der Waals surface area contributed by atoms with E-state index in [4.69, 9.17) is 6.42 Å². The molecule has 2 aromatic carbocycles. The van der Waals surface area contributed by atoms with E-state index < -0.39 is 42.3 Å². The van der Waals surface area contributed by atoms with Gasteiger partial charge < -0.3 is 10.2 Å². The van der Waals surface area contributed by atoms with Crippen molar-refractivity contribution in [1.82, 2.24) is 4.98 Å². The molecule has 0 aliphatic heterocycles. The molecule has 0 aliphatic carbocycles. The van der Waals surface area contributed by atoms with Crippen LogP contribution in [0.25, 0.3) is 22.4 Å². The summed E-state index contributed by atoms with van der Waals surface area (Å²) >= 11 is 0. The third kappa shape index (κ3) is 4.23. The zero-order valence-corrected chi connectivity index (χ0v) is 20.1. The van der Waals surface area contributed by atoms with Crippen LogP contribution >= 0.6 is 8.03 Å². The number of benzene rings is 2. The van der Waals surface area contributed by atoms with Crippen molar-refractivity contribution in [1.29, 1.82) is 0 Å². The van der Waals surface area contributed by atoms with E-state index in [1.165, 1.54) is 12.1 Å². The molecular formula is C26H23F2NO5P+. The van der Waals surface area contributed by atoms with Crippen LogP contribution in [-0.4, -0.2) is 31.2 Å². The highest BCUT2D eigenvalue weighted by Crippen LogP contribution is 2.53. The lowest BCUT2D eigenvalue weighted by molar-refractivity contribution is -0.145. The van der Waals surface area contributed by atoms with Gasteiger partial charge in [-0.05, 0) is 41.0 Å². The van der Waals surface area contributed by atoms with Crippen LogP contribution < -0.4 is 0 Å². The summed E-state index contributed by atoms with van der Waals surface area (Å²) in [5, 5.41) is 18.6. The minimum Gasteiger partial charge on any atom is -0.477 e. The predicted molar refractivity (Wildman–Crippen MR) is 128 cm³/mol. The molecule has 0 aliphatic rings. The SMILES string of the molecule is C#CC(C(=O)O)([P+](=O)O)C(C)(O)c1c(C(C)C)nc(-c2ccccc2)c(F)c1-c1ccc(F)cc1. The Morgan fingerprint density at radius 1 is 1.09 bits per heavy atom. The first-order valence-electron chi connectivity index (χ1n) is 10.5. The fourth-order valence-electron chi connectivity index (χ4n) is 4.08. The number of aromatic nitrogens is 1. The molecule has 1 heterocycles. The molecule has 3 unspecified atom stereocenters. The van der Waals surface area contributed by atoms with E-state index in [-0.39, 0.29) is 28.1 Å². The third-order valence-electron chi connectivity index (χ3n) is 5.89. The summed E-state index contributed by atoms with van der Waals surface area (Å²) in [6.45, 7) is 4.31. The number of nitrogens with zero attached hydrogens (tertiary/aromatic N) is 1. The molecule has 3 atom stereocenters. The van der Waals surface area contributed by atoms with Crippen LogP contribution in [0.5, 0.6) is 0 Å². The van der Waals surface area contributed by atoms with Gasteiger partial charge in [-0.25, -0.2) is 18.6 Å². The Hall–Kier alpha value is -3.50. The van der Waals surface area contributed by atoms with Crippen LogP contribution in [0.4, 0.5) is 8.78 Å². The van der Waals surface area contributed by atoms with Gasteiger partial charge in [-0.2, -0.15) is 4.89 Å². The zero-order valence-electron chi connectivity index (χ0n) is 19.2. The van der Waals surface area contributed by atoms with E-state index in [1.54, 1.807) is 50.1 Å². The molecule has 0 bridgehead atoms. The topological polar surface area (TPSA) is 108 Å². The predicted octanol–water partition coefficient (Wildman–Crippen LogP) is 5.22. The van der Waals surface area contributed by atoms with Crippen molar-refractivity contribution in [2.75, 3.05) is 0 Å². The molecule has 180 valence electrons. The van der Waals surface area contributed by atoms with Crippen LogP contribution in [0, 0.1) is 24.0 Å². The van der Waals surface area contributed by atoms with Gasteiger partial charge in [0.15, 0.2) is 11.4 Å². The molecule has 6 nitrogen and oxygen atoms in total. The van der Waals surface area contributed by atoms with Crippen molar-refractivity contribution < 1.29 is 33.2 Å². The largest absolute Gasteiger partial charge is 0.541 e. The van der Waals surface area contributed by atoms with Crippen molar-refractivity contribution in [2.45, 2.75) is 37.4 Å². The number of hydrogen-bond donors (Lipinski definition) is 3. The molecule has 0 saturated heterocycles. The molecule has 35 heavy (non-hydrogen) atoms. The number of aliphatic carboxylic acids is 1. The number of carboxylic acids is 1. The Labute approximate surface area is 202 Å². The zero-order chi connectivity index (χ0) is 26.1. The van der Waals surface area contributed by atoms with Crippen LogP contribution in [0.15, 0.2) is 54.6 Å². The van der Waals surface area contributed by atoms with Gasteiger partial charge in [-0.1, -0.05) is 56.3 Å². The number of rotatable bonds is 7. The number of pyridine rings is 1. The normalized spacial score (nSPS) is 15.1. The minimum atomic E-state index is -3.72. The number of terminal acetylenes is 1. The fraction of sp³-hybridized carbons (Fsp3) is 0.231. The fourth-order valence-corrected chi connectivity index (χ4v) is 4.84. The summed E-state index contributed by atoms with van der Waals surface area (Å²) in [6.07, 6.45) is 5.43. The Balaban J connectivity index is 2.59. The Morgan fingerprint density at radius 3 is 2.11 bits per heavy atom. The maximum absolute atomic E-state index is 16.3. The first kappa shape index (κ1) is 26.1. The summed E-state index contributed by atoms with van der Waals surface area (Å²) in [5.74, 6) is -2.22. The summed E-state index contributed by atoms with van der Waals surface area (Å²) in [4.78, 5) is 26.7. The molecular weight excluding hydrogens is 475 g/mol. The second kappa shape index (κ2) is 9.63. The van der Waals surface area contributed by atoms with Gasteiger partial charge in [0, 0.05) is 16.7 Å². The van der Waals surface area contributed by atoms with Crippen molar-refractivity contribution in [3.05, 3.63) is 77.5 Å². The molecule has 0 amide bonds. The van der Waals surface area contributed by atoms with Gasteiger partial charge >= 0.3 is 19.2 Å². The summed E-state index contributed by atoms with van der Waals surface area (Å²) in [7, 11) is -3.72. The van der Waals surface area contributed by atoms with Crippen LogP contribution in [-0.2, 0) is 15.0 Å². The van der Waals surface area contributed by atoms with Gasteiger partial charge in [0.2, 0.25) is 0 Å². The molecule has 1 aromatic heterocycles. The average Bonchev–Trinajstić information content (AvgIpc) is 2.80. The minimum absolute atomic E-state index is 0.0623.